The van der Waals surface area contributed by atoms with Crippen LogP contribution in [0.2, 0.25) is 0 Å². The molecule has 0 spiro atoms. The van der Waals surface area contributed by atoms with Gasteiger partial charge in [-0.1, -0.05) is 74.5 Å². The van der Waals surface area contributed by atoms with Crippen molar-refractivity contribution in [1.29, 1.82) is 0 Å². The van der Waals surface area contributed by atoms with Gasteiger partial charge in [-0.25, -0.2) is 0 Å². The number of hydrogen-bond donors (Lipinski definition) is 0. The molecule has 0 nitrogen and oxygen atoms in total. The van der Waals surface area contributed by atoms with Crippen LogP contribution in [-0.4, -0.2) is 0 Å². The molecular formula is C18H22. The largest absolute Gasteiger partial charge is 0.0870 e. The Kier molecular flexibility index (Phi) is 5.93. The van der Waals surface area contributed by atoms with E-state index in [2.05, 4.69) is 74.5 Å². The Balaban J connectivity index is 0.000000771. The summed E-state index contributed by atoms with van der Waals surface area (Å²) in [4.78, 5) is 0. The third kappa shape index (κ3) is 3.10. The van der Waals surface area contributed by atoms with Crippen LogP contribution in [0.5, 0.6) is 0 Å². The van der Waals surface area contributed by atoms with Crippen molar-refractivity contribution in [3.05, 3.63) is 59.7 Å². The zero-order valence-electron chi connectivity index (χ0n) is 11.8. The summed E-state index contributed by atoms with van der Waals surface area (Å²) in [6.07, 6.45) is 8.51. The van der Waals surface area contributed by atoms with Crippen molar-refractivity contribution in [3.63, 3.8) is 0 Å². The molecule has 0 unspecified atom stereocenters. The van der Waals surface area contributed by atoms with Crippen LogP contribution in [0.15, 0.2) is 48.6 Å². The van der Waals surface area contributed by atoms with Gasteiger partial charge in [0.05, 0.1) is 0 Å². The average Bonchev–Trinajstić information content (AvgIpc) is 2.44. The maximum atomic E-state index is 2.18. The van der Waals surface area contributed by atoms with Gasteiger partial charge >= 0.3 is 0 Å². The van der Waals surface area contributed by atoms with Crippen molar-refractivity contribution in [2.75, 3.05) is 0 Å². The van der Waals surface area contributed by atoms with E-state index >= 15 is 0 Å². The minimum atomic E-state index is 1.28. The normalized spacial score (nSPS) is 10.9. The predicted octanol–water partition coefficient (Wildman–Crippen LogP) is 5.93. The van der Waals surface area contributed by atoms with Crippen LogP contribution < -0.4 is 0 Å². The Morgan fingerprint density at radius 1 is 0.778 bits per heavy atom. The number of hydrogen-bond acceptors (Lipinski definition) is 0. The molecule has 0 radical (unpaired) electrons. The number of allylic oxidation sites excluding steroid dienone is 2. The second-order valence-electron chi connectivity index (χ2n) is 3.79. The molecule has 0 saturated carbocycles. The lowest BCUT2D eigenvalue weighted by Gasteiger charge is -2.06. The molecule has 0 heteroatoms. The molecule has 0 aliphatic rings. The second-order valence-corrected chi connectivity index (χ2v) is 3.79. The molecule has 94 valence electrons. The smallest absolute Gasteiger partial charge is 0.0106 e. The Morgan fingerprint density at radius 3 is 2.11 bits per heavy atom. The van der Waals surface area contributed by atoms with Crippen LogP contribution in [0.1, 0.15) is 38.8 Å². The molecule has 0 amide bonds. The van der Waals surface area contributed by atoms with Crippen LogP contribution in [0.25, 0.3) is 22.9 Å². The maximum Gasteiger partial charge on any atom is -0.0106 e. The summed E-state index contributed by atoms with van der Waals surface area (Å²) < 4.78 is 0. The topological polar surface area (TPSA) is 0 Å². The van der Waals surface area contributed by atoms with E-state index in [1.54, 1.807) is 0 Å². The minimum Gasteiger partial charge on any atom is -0.0870 e. The van der Waals surface area contributed by atoms with Crippen molar-refractivity contribution in [2.45, 2.75) is 27.7 Å². The van der Waals surface area contributed by atoms with Gasteiger partial charge in [0, 0.05) is 0 Å². The van der Waals surface area contributed by atoms with E-state index in [0.717, 1.165) is 0 Å². The first-order valence-electron chi connectivity index (χ1n) is 6.64. The molecule has 0 bridgehead atoms. The molecule has 2 aromatic carbocycles. The van der Waals surface area contributed by atoms with E-state index < -0.39 is 0 Å². The van der Waals surface area contributed by atoms with Crippen LogP contribution >= 0.6 is 0 Å². The fourth-order valence-electron chi connectivity index (χ4n) is 1.99. The van der Waals surface area contributed by atoms with E-state index in [9.17, 15) is 0 Å². The van der Waals surface area contributed by atoms with E-state index in [0.29, 0.717) is 0 Å². The standard InChI is InChI=1S/C16H16.C2H6/c1-3-7-13-11-12-14-9-5-6-10-16(14)15(13)8-4-2;1-2/h3-12H,1-2H3;1-2H3/b7-3-,8-4-;. The third-order valence-corrected chi connectivity index (χ3v) is 2.68. The quantitative estimate of drug-likeness (QED) is 0.608. The molecule has 2 aromatic rings. The highest BCUT2D eigenvalue weighted by molar-refractivity contribution is 5.94. The fourth-order valence-corrected chi connectivity index (χ4v) is 1.99. The lowest BCUT2D eigenvalue weighted by atomic mass is 9.98. The SMILES string of the molecule is C/C=C\c1ccc2ccccc2c1/C=C\C.CC. The van der Waals surface area contributed by atoms with E-state index in [1.807, 2.05) is 13.8 Å². The van der Waals surface area contributed by atoms with Gasteiger partial charge in [-0.2, -0.15) is 0 Å². The lowest BCUT2D eigenvalue weighted by molar-refractivity contribution is 1.50. The molecule has 0 heterocycles. The molecule has 0 aromatic heterocycles. The lowest BCUT2D eigenvalue weighted by Crippen LogP contribution is -1.83. The predicted molar refractivity (Wildman–Crippen MR) is 84.7 cm³/mol. The Labute approximate surface area is 111 Å². The number of benzene rings is 2. The van der Waals surface area contributed by atoms with E-state index in [4.69, 9.17) is 0 Å². The van der Waals surface area contributed by atoms with Gasteiger partial charge in [-0.3, -0.25) is 0 Å². The highest BCUT2D eigenvalue weighted by atomic mass is 14.1. The monoisotopic (exact) mass is 238 g/mol. The molecule has 0 atom stereocenters. The van der Waals surface area contributed by atoms with Gasteiger partial charge in [0.15, 0.2) is 0 Å². The Hall–Kier alpha value is -1.82. The first kappa shape index (κ1) is 14.2. The van der Waals surface area contributed by atoms with Gasteiger partial charge < -0.3 is 0 Å². The number of rotatable bonds is 2. The van der Waals surface area contributed by atoms with Crippen LogP contribution in [0, 0.1) is 0 Å². The summed E-state index contributed by atoms with van der Waals surface area (Å²) in [5.41, 5.74) is 2.58. The van der Waals surface area contributed by atoms with Crippen molar-refractivity contribution in [1.82, 2.24) is 0 Å². The van der Waals surface area contributed by atoms with Crippen molar-refractivity contribution >= 4 is 22.9 Å². The summed E-state index contributed by atoms with van der Waals surface area (Å²) in [7, 11) is 0. The Bertz CT molecular complexity index is 545. The fraction of sp³-hybridized carbons (Fsp3) is 0.222. The van der Waals surface area contributed by atoms with Crippen molar-refractivity contribution in [2.24, 2.45) is 0 Å². The van der Waals surface area contributed by atoms with Gasteiger partial charge in [0.2, 0.25) is 0 Å². The summed E-state index contributed by atoms with van der Waals surface area (Å²) in [5.74, 6) is 0. The average molecular weight is 238 g/mol. The molecule has 0 aliphatic heterocycles. The molecule has 0 N–H and O–H groups in total. The molecule has 0 fully saturated rings. The molecule has 2 rings (SSSR count). The molecule has 0 aliphatic carbocycles. The van der Waals surface area contributed by atoms with Crippen molar-refractivity contribution < 1.29 is 0 Å². The van der Waals surface area contributed by atoms with Gasteiger partial charge in [0.25, 0.3) is 0 Å². The second kappa shape index (κ2) is 7.50. The molecule has 0 saturated heterocycles. The van der Waals surface area contributed by atoms with Gasteiger partial charge in [-0.15, -0.1) is 0 Å². The first-order valence-corrected chi connectivity index (χ1v) is 6.64. The van der Waals surface area contributed by atoms with Crippen LogP contribution in [-0.2, 0) is 0 Å². The minimum absolute atomic E-state index is 1.28. The summed E-state index contributed by atoms with van der Waals surface area (Å²) >= 11 is 0. The Morgan fingerprint density at radius 2 is 1.44 bits per heavy atom. The number of fused-ring (bicyclic) bond motifs is 1. The van der Waals surface area contributed by atoms with Crippen molar-refractivity contribution in [3.8, 4) is 0 Å². The zero-order chi connectivity index (χ0) is 13.4. The summed E-state index contributed by atoms with van der Waals surface area (Å²) in [6.45, 7) is 8.11. The summed E-state index contributed by atoms with van der Waals surface area (Å²) in [6, 6.07) is 12.9. The van der Waals surface area contributed by atoms with Gasteiger partial charge in [0.1, 0.15) is 0 Å². The first-order chi connectivity index (χ1) is 8.86. The van der Waals surface area contributed by atoms with Crippen LogP contribution in [0.3, 0.4) is 0 Å². The van der Waals surface area contributed by atoms with E-state index in [1.165, 1.54) is 21.9 Å². The highest BCUT2D eigenvalue weighted by Crippen LogP contribution is 2.24. The van der Waals surface area contributed by atoms with E-state index in [-0.39, 0.29) is 0 Å². The summed E-state index contributed by atoms with van der Waals surface area (Å²) in [5, 5.41) is 2.61. The highest BCUT2D eigenvalue weighted by Gasteiger charge is 2.01. The maximum absolute atomic E-state index is 2.18. The molecular weight excluding hydrogens is 216 g/mol. The van der Waals surface area contributed by atoms with Crippen LogP contribution in [0.4, 0.5) is 0 Å². The van der Waals surface area contributed by atoms with Gasteiger partial charge in [-0.05, 0) is 35.7 Å². The molecule has 18 heavy (non-hydrogen) atoms. The third-order valence-electron chi connectivity index (χ3n) is 2.68. The zero-order valence-corrected chi connectivity index (χ0v) is 11.8.